The number of rotatable bonds is 3. The van der Waals surface area contributed by atoms with Gasteiger partial charge in [-0.2, -0.15) is 0 Å². The maximum absolute atomic E-state index is 12.0. The van der Waals surface area contributed by atoms with Crippen molar-refractivity contribution in [2.45, 2.75) is 37.5 Å². The first-order valence-electron chi connectivity index (χ1n) is 6.57. The Kier molecular flexibility index (Phi) is 3.22. The molecule has 3 heterocycles. The lowest BCUT2D eigenvalue weighted by Gasteiger charge is -2.29. The fourth-order valence-corrected chi connectivity index (χ4v) is 2.79. The second kappa shape index (κ2) is 4.91. The molecule has 0 saturated carbocycles. The van der Waals surface area contributed by atoms with Gasteiger partial charge in [-0.05, 0) is 12.8 Å². The summed E-state index contributed by atoms with van der Waals surface area (Å²) in [6.07, 6.45) is 0.872. The number of piperidine rings is 1. The van der Waals surface area contributed by atoms with Crippen LogP contribution in [-0.2, 0) is 14.4 Å². The second-order valence-corrected chi connectivity index (χ2v) is 5.24. The van der Waals surface area contributed by atoms with E-state index in [-0.39, 0.29) is 24.5 Å². The summed E-state index contributed by atoms with van der Waals surface area (Å²) in [7, 11) is 0. The fraction of sp³-hybridized carbons (Fsp3) is 0.727. The Labute approximate surface area is 114 Å². The van der Waals surface area contributed by atoms with Crippen LogP contribution in [0.15, 0.2) is 0 Å². The number of urea groups is 1. The van der Waals surface area contributed by atoms with Crippen molar-refractivity contribution in [3.8, 4) is 0 Å². The van der Waals surface area contributed by atoms with E-state index >= 15 is 0 Å². The molecule has 110 valence electrons. The minimum absolute atomic E-state index is 0.115. The molecule has 3 rings (SSSR count). The van der Waals surface area contributed by atoms with Crippen LogP contribution < -0.4 is 10.8 Å². The van der Waals surface area contributed by atoms with Crippen LogP contribution in [0.3, 0.4) is 0 Å². The van der Waals surface area contributed by atoms with Crippen molar-refractivity contribution in [2.24, 2.45) is 0 Å². The van der Waals surface area contributed by atoms with E-state index < -0.39 is 18.0 Å². The van der Waals surface area contributed by atoms with Crippen LogP contribution in [0.4, 0.5) is 4.79 Å². The van der Waals surface area contributed by atoms with Crippen LogP contribution in [0.25, 0.3) is 0 Å². The number of nitrogens with one attached hydrogen (secondary N) is 2. The number of hydrogen-bond acceptors (Lipinski definition) is 5. The zero-order valence-corrected chi connectivity index (χ0v) is 10.7. The van der Waals surface area contributed by atoms with Gasteiger partial charge in [-0.3, -0.25) is 19.6 Å². The highest BCUT2D eigenvalue weighted by Crippen LogP contribution is 2.28. The largest absolute Gasteiger partial charge is 0.353 e. The van der Waals surface area contributed by atoms with Gasteiger partial charge in [0.25, 0.3) is 5.91 Å². The van der Waals surface area contributed by atoms with E-state index in [1.54, 1.807) is 0 Å². The van der Waals surface area contributed by atoms with E-state index in [1.807, 2.05) is 0 Å². The molecule has 0 aliphatic carbocycles. The lowest BCUT2D eigenvalue weighted by molar-refractivity contribution is -0.143. The molecule has 0 aromatic carbocycles. The molecule has 0 aromatic rings. The average molecular weight is 284 g/mol. The van der Waals surface area contributed by atoms with Crippen LogP contribution in [0, 0.1) is 0 Å². The van der Waals surface area contributed by atoms with Crippen LogP contribution in [0.2, 0.25) is 0 Å². The number of carbonyl (C=O) groups excluding carboxylic acids is 3. The van der Waals surface area contributed by atoms with E-state index in [4.69, 9.17) is 4.84 Å². The molecule has 0 radical (unpaired) electrons. The maximum Gasteiger partial charge on any atom is 0.344 e. The summed E-state index contributed by atoms with van der Waals surface area (Å²) in [4.78, 5) is 41.3. The van der Waals surface area contributed by atoms with Crippen molar-refractivity contribution in [2.75, 3.05) is 13.1 Å². The summed E-state index contributed by atoms with van der Waals surface area (Å²) < 4.78 is 0. The number of hydrogen-bond donors (Lipinski definition) is 3. The Bertz CT molecular complexity index is 456. The molecule has 0 aromatic heterocycles. The molecule has 4 amide bonds. The summed E-state index contributed by atoms with van der Waals surface area (Å²) in [5.74, 6) is -0.540. The van der Waals surface area contributed by atoms with Gasteiger partial charge in [0.05, 0.1) is 12.5 Å². The van der Waals surface area contributed by atoms with Gasteiger partial charge in [0, 0.05) is 13.1 Å². The molecule has 3 atom stereocenters. The van der Waals surface area contributed by atoms with E-state index in [0.717, 1.165) is 0 Å². The Hall–Kier alpha value is -1.87. The lowest BCUT2D eigenvalue weighted by Crippen LogP contribution is -2.50. The Morgan fingerprint density at radius 1 is 1.40 bits per heavy atom. The highest BCUT2D eigenvalue weighted by molar-refractivity contribution is 5.88. The maximum atomic E-state index is 12.0. The van der Waals surface area contributed by atoms with Crippen molar-refractivity contribution in [3.05, 3.63) is 0 Å². The normalized spacial score (nSPS) is 32.5. The standard InChI is InChI=1S/C11H16N4O5/c16-9-3-7(4-12-9)20-13-10(17)8-2-1-6-5-14(8)11(18)15(6)19/h6-8,19H,1-5H2,(H,12,16)(H,13,17)/t6-,7-,8+/m1/s1. The van der Waals surface area contributed by atoms with Gasteiger partial charge >= 0.3 is 6.03 Å². The lowest BCUT2D eigenvalue weighted by atomic mass is 10.0. The zero-order valence-electron chi connectivity index (χ0n) is 10.7. The van der Waals surface area contributed by atoms with Crippen LogP contribution in [0.5, 0.6) is 0 Å². The molecule has 3 N–H and O–H groups in total. The quantitative estimate of drug-likeness (QED) is 0.435. The molecule has 20 heavy (non-hydrogen) atoms. The third kappa shape index (κ3) is 2.18. The predicted octanol–water partition coefficient (Wildman–Crippen LogP) is -1.42. The minimum Gasteiger partial charge on any atom is -0.353 e. The average Bonchev–Trinajstić information content (AvgIpc) is 2.95. The number of amides is 4. The highest BCUT2D eigenvalue weighted by atomic mass is 16.7. The summed E-state index contributed by atoms with van der Waals surface area (Å²) >= 11 is 0. The second-order valence-electron chi connectivity index (χ2n) is 5.24. The molecule has 0 spiro atoms. The molecule has 2 bridgehead atoms. The van der Waals surface area contributed by atoms with E-state index in [9.17, 15) is 19.6 Å². The first-order valence-corrected chi connectivity index (χ1v) is 6.57. The Morgan fingerprint density at radius 2 is 2.20 bits per heavy atom. The molecule has 9 nitrogen and oxygen atoms in total. The van der Waals surface area contributed by atoms with E-state index in [1.165, 1.54) is 4.90 Å². The van der Waals surface area contributed by atoms with Crippen molar-refractivity contribution < 1.29 is 24.4 Å². The zero-order chi connectivity index (χ0) is 14.3. The summed E-state index contributed by atoms with van der Waals surface area (Å²) in [6.45, 7) is 0.704. The van der Waals surface area contributed by atoms with Crippen molar-refractivity contribution in [3.63, 3.8) is 0 Å². The van der Waals surface area contributed by atoms with Gasteiger partial charge in [0.2, 0.25) is 5.91 Å². The smallest absolute Gasteiger partial charge is 0.344 e. The Balaban J connectivity index is 1.55. The van der Waals surface area contributed by atoms with E-state index in [0.29, 0.717) is 31.0 Å². The summed E-state index contributed by atoms with van der Waals surface area (Å²) in [6, 6.07) is -1.42. The predicted molar refractivity (Wildman–Crippen MR) is 63.2 cm³/mol. The van der Waals surface area contributed by atoms with Crippen LogP contribution in [0.1, 0.15) is 19.3 Å². The molecule has 9 heteroatoms. The molecule has 3 fully saturated rings. The number of hydroxylamine groups is 3. The number of nitrogens with zero attached hydrogens (tertiary/aromatic N) is 2. The highest BCUT2D eigenvalue weighted by Gasteiger charge is 2.46. The monoisotopic (exact) mass is 284 g/mol. The molecule has 3 aliphatic heterocycles. The van der Waals surface area contributed by atoms with Crippen LogP contribution >= 0.6 is 0 Å². The number of carbonyl (C=O) groups is 3. The summed E-state index contributed by atoms with van der Waals surface area (Å²) in [5.41, 5.74) is 2.31. The third-order valence-electron chi connectivity index (χ3n) is 3.91. The minimum atomic E-state index is -0.638. The summed E-state index contributed by atoms with van der Waals surface area (Å²) in [5, 5.41) is 12.8. The Morgan fingerprint density at radius 3 is 2.90 bits per heavy atom. The van der Waals surface area contributed by atoms with Gasteiger partial charge in [0.15, 0.2) is 0 Å². The first kappa shape index (κ1) is 13.1. The number of fused-ring (bicyclic) bond motifs is 2. The van der Waals surface area contributed by atoms with Gasteiger partial charge in [-0.1, -0.05) is 0 Å². The van der Waals surface area contributed by atoms with Gasteiger partial charge < -0.3 is 10.2 Å². The third-order valence-corrected chi connectivity index (χ3v) is 3.91. The SMILES string of the molecule is O=C1C[C@@H](ONC(=O)[C@@H]2CC[C@@H]3CN2C(=O)N3O)CN1. The molecule has 3 aliphatic rings. The molecule has 0 unspecified atom stereocenters. The molecular weight excluding hydrogens is 268 g/mol. The molecular formula is C11H16N4O5. The van der Waals surface area contributed by atoms with Crippen molar-refractivity contribution in [1.82, 2.24) is 20.8 Å². The van der Waals surface area contributed by atoms with Gasteiger partial charge in [-0.25, -0.2) is 15.3 Å². The van der Waals surface area contributed by atoms with E-state index in [2.05, 4.69) is 10.8 Å². The van der Waals surface area contributed by atoms with Gasteiger partial charge in [-0.15, -0.1) is 0 Å². The van der Waals surface area contributed by atoms with Crippen LogP contribution in [-0.4, -0.2) is 64.3 Å². The van der Waals surface area contributed by atoms with Gasteiger partial charge in [0.1, 0.15) is 12.1 Å². The fourth-order valence-electron chi connectivity index (χ4n) is 2.79. The van der Waals surface area contributed by atoms with Crippen molar-refractivity contribution >= 4 is 17.8 Å². The van der Waals surface area contributed by atoms with Crippen molar-refractivity contribution in [1.29, 1.82) is 0 Å². The first-order chi connectivity index (χ1) is 9.56. The molecule has 3 saturated heterocycles. The topological polar surface area (TPSA) is 111 Å².